The van der Waals surface area contributed by atoms with Crippen LogP contribution >= 0.6 is 0 Å². The molecule has 0 aromatic carbocycles. The minimum atomic E-state index is -0.761. The van der Waals surface area contributed by atoms with Crippen molar-refractivity contribution >= 4 is 17.9 Å². The van der Waals surface area contributed by atoms with Gasteiger partial charge in [0.05, 0.1) is 0 Å². The lowest BCUT2D eigenvalue weighted by molar-refractivity contribution is -0.167. The highest BCUT2D eigenvalue weighted by molar-refractivity contribution is 5.71. The van der Waals surface area contributed by atoms with Crippen LogP contribution in [-0.4, -0.2) is 37.2 Å². The van der Waals surface area contributed by atoms with Gasteiger partial charge in [-0.3, -0.25) is 14.4 Å². The molecule has 0 aliphatic rings. The van der Waals surface area contributed by atoms with E-state index in [4.69, 9.17) is 14.2 Å². The van der Waals surface area contributed by atoms with Crippen LogP contribution in [0.5, 0.6) is 0 Å². The van der Waals surface area contributed by atoms with E-state index >= 15 is 0 Å². The Morgan fingerprint density at radius 2 is 0.679 bits per heavy atom. The van der Waals surface area contributed by atoms with Crippen LogP contribution in [0.2, 0.25) is 0 Å². The fourth-order valence-electron chi connectivity index (χ4n) is 7.43. The minimum absolute atomic E-state index is 0.0646. The maximum absolute atomic E-state index is 12.7. The van der Waals surface area contributed by atoms with Crippen molar-refractivity contribution < 1.29 is 28.6 Å². The van der Waals surface area contributed by atoms with Crippen molar-refractivity contribution in [2.24, 2.45) is 11.8 Å². The lowest BCUT2D eigenvalue weighted by Gasteiger charge is -2.18. The first-order chi connectivity index (χ1) is 27.3. The van der Waals surface area contributed by atoms with E-state index in [9.17, 15) is 14.4 Å². The van der Waals surface area contributed by atoms with Gasteiger partial charge in [0, 0.05) is 19.3 Å². The number of rotatable bonds is 44. The summed E-state index contributed by atoms with van der Waals surface area (Å²) in [5.41, 5.74) is 0. The van der Waals surface area contributed by atoms with Gasteiger partial charge in [-0.15, -0.1) is 0 Å². The smallest absolute Gasteiger partial charge is 0.306 e. The van der Waals surface area contributed by atoms with Crippen LogP contribution in [0.4, 0.5) is 0 Å². The summed E-state index contributed by atoms with van der Waals surface area (Å²) in [6.07, 6.45) is 42.3. The summed E-state index contributed by atoms with van der Waals surface area (Å²) in [5, 5.41) is 0. The largest absolute Gasteiger partial charge is 0.462 e. The van der Waals surface area contributed by atoms with Crippen LogP contribution in [-0.2, 0) is 28.6 Å². The maximum Gasteiger partial charge on any atom is 0.306 e. The van der Waals surface area contributed by atoms with Gasteiger partial charge in [0.2, 0.25) is 0 Å². The van der Waals surface area contributed by atoms with Crippen LogP contribution in [0.3, 0.4) is 0 Å². The number of unbranched alkanes of at least 4 members (excludes halogenated alkanes) is 28. The van der Waals surface area contributed by atoms with E-state index in [1.165, 1.54) is 161 Å². The average molecular weight is 793 g/mol. The second-order valence-corrected chi connectivity index (χ2v) is 17.8. The number of hydrogen-bond acceptors (Lipinski definition) is 6. The zero-order valence-electron chi connectivity index (χ0n) is 38.3. The predicted molar refractivity (Wildman–Crippen MR) is 238 cm³/mol. The molecule has 0 heterocycles. The van der Waals surface area contributed by atoms with Gasteiger partial charge in [0.15, 0.2) is 6.10 Å². The first kappa shape index (κ1) is 54.4. The van der Waals surface area contributed by atoms with Crippen molar-refractivity contribution in [3.8, 4) is 0 Å². The molecule has 0 fully saturated rings. The van der Waals surface area contributed by atoms with Gasteiger partial charge in [-0.05, 0) is 31.1 Å². The van der Waals surface area contributed by atoms with Gasteiger partial charge in [-0.25, -0.2) is 0 Å². The summed E-state index contributed by atoms with van der Waals surface area (Å²) in [6.45, 7) is 11.3. The fraction of sp³-hybridized carbons (Fsp3) is 0.940. The van der Waals surface area contributed by atoms with E-state index in [1.54, 1.807) is 0 Å². The van der Waals surface area contributed by atoms with Gasteiger partial charge in [0.25, 0.3) is 0 Å². The molecule has 0 spiro atoms. The number of hydrogen-bond donors (Lipinski definition) is 0. The SMILES string of the molecule is CCCCCCCCCCCCCCC(=O)O[C@@H](COC(=O)CCCCCCCCCCCCCCCC(C)C)COC(=O)CCCCCCCCC(C)CC. The van der Waals surface area contributed by atoms with Gasteiger partial charge in [-0.2, -0.15) is 0 Å². The van der Waals surface area contributed by atoms with Crippen molar-refractivity contribution in [3.05, 3.63) is 0 Å². The van der Waals surface area contributed by atoms with Crippen molar-refractivity contribution in [2.75, 3.05) is 13.2 Å². The molecule has 0 rings (SSSR count). The zero-order chi connectivity index (χ0) is 41.2. The van der Waals surface area contributed by atoms with Crippen molar-refractivity contribution in [1.82, 2.24) is 0 Å². The summed E-state index contributed by atoms with van der Waals surface area (Å²) >= 11 is 0. The molecule has 0 aliphatic heterocycles. The molecule has 0 aliphatic carbocycles. The third-order valence-electron chi connectivity index (χ3n) is 11.6. The lowest BCUT2D eigenvalue weighted by atomic mass is 10.00. The van der Waals surface area contributed by atoms with Crippen LogP contribution in [0, 0.1) is 11.8 Å². The maximum atomic E-state index is 12.7. The molecule has 0 aromatic heterocycles. The molecule has 0 saturated heterocycles. The minimum Gasteiger partial charge on any atom is -0.462 e. The van der Waals surface area contributed by atoms with Gasteiger partial charge in [0.1, 0.15) is 13.2 Å². The Hall–Kier alpha value is -1.59. The van der Waals surface area contributed by atoms with Gasteiger partial charge in [-0.1, -0.05) is 234 Å². The summed E-state index contributed by atoms with van der Waals surface area (Å²) < 4.78 is 16.8. The summed E-state index contributed by atoms with van der Waals surface area (Å²) in [6, 6.07) is 0. The topological polar surface area (TPSA) is 78.9 Å². The molecule has 1 unspecified atom stereocenters. The van der Waals surface area contributed by atoms with Crippen LogP contribution in [0.15, 0.2) is 0 Å². The molecule has 0 bridgehead atoms. The first-order valence-electron chi connectivity index (χ1n) is 24.8. The fourth-order valence-corrected chi connectivity index (χ4v) is 7.43. The highest BCUT2D eigenvalue weighted by Gasteiger charge is 2.19. The second kappa shape index (κ2) is 43.0. The standard InChI is InChI=1S/C50H96O6/c1-6-8-9-10-11-12-13-18-22-25-32-37-42-50(53)56-47(44-55-49(52)41-36-31-27-26-29-34-39-46(5)7-2)43-54-48(51)40-35-30-24-21-19-16-14-15-17-20-23-28-33-38-45(3)4/h45-47H,6-44H2,1-5H3/t46?,47-/m0/s1. The third kappa shape index (κ3) is 42.0. The van der Waals surface area contributed by atoms with E-state index in [2.05, 4.69) is 34.6 Å². The molecule has 0 N–H and O–H groups in total. The highest BCUT2D eigenvalue weighted by Crippen LogP contribution is 2.17. The van der Waals surface area contributed by atoms with E-state index in [0.29, 0.717) is 19.3 Å². The Bertz CT molecular complexity index is 856. The Morgan fingerprint density at radius 1 is 0.375 bits per heavy atom. The molecule has 0 saturated carbocycles. The number of carbonyl (C=O) groups is 3. The highest BCUT2D eigenvalue weighted by atomic mass is 16.6. The van der Waals surface area contributed by atoms with Crippen LogP contribution in [0.1, 0.15) is 272 Å². The van der Waals surface area contributed by atoms with Crippen LogP contribution < -0.4 is 0 Å². The molecule has 0 aromatic rings. The van der Waals surface area contributed by atoms with Crippen molar-refractivity contribution in [3.63, 3.8) is 0 Å². The van der Waals surface area contributed by atoms with E-state index in [-0.39, 0.29) is 31.1 Å². The second-order valence-electron chi connectivity index (χ2n) is 17.8. The Labute approximate surface area is 348 Å². The number of carbonyl (C=O) groups excluding carboxylic acids is 3. The molecular formula is C50H96O6. The Morgan fingerprint density at radius 3 is 1.02 bits per heavy atom. The van der Waals surface area contributed by atoms with Crippen LogP contribution in [0.25, 0.3) is 0 Å². The average Bonchev–Trinajstić information content (AvgIpc) is 3.18. The van der Waals surface area contributed by atoms with E-state index in [1.807, 2.05) is 0 Å². The number of esters is 3. The summed E-state index contributed by atoms with van der Waals surface area (Å²) in [4.78, 5) is 37.8. The quantitative estimate of drug-likeness (QED) is 0.0347. The van der Waals surface area contributed by atoms with Crippen molar-refractivity contribution in [2.45, 2.75) is 278 Å². The van der Waals surface area contributed by atoms with Gasteiger partial charge < -0.3 is 14.2 Å². The Kier molecular flexibility index (Phi) is 41.8. The van der Waals surface area contributed by atoms with E-state index in [0.717, 1.165) is 69.6 Å². The predicted octanol–water partition coefficient (Wildman–Crippen LogP) is 15.8. The molecule has 0 radical (unpaired) electrons. The molecule has 0 amide bonds. The third-order valence-corrected chi connectivity index (χ3v) is 11.6. The Balaban J connectivity index is 4.29. The molecule has 6 nitrogen and oxygen atoms in total. The summed E-state index contributed by atoms with van der Waals surface area (Å²) in [7, 11) is 0. The van der Waals surface area contributed by atoms with E-state index < -0.39 is 6.10 Å². The van der Waals surface area contributed by atoms with Crippen molar-refractivity contribution in [1.29, 1.82) is 0 Å². The van der Waals surface area contributed by atoms with Gasteiger partial charge >= 0.3 is 17.9 Å². The molecule has 56 heavy (non-hydrogen) atoms. The molecular weight excluding hydrogens is 697 g/mol. The monoisotopic (exact) mass is 793 g/mol. The molecule has 6 heteroatoms. The first-order valence-corrected chi connectivity index (χ1v) is 24.8. The lowest BCUT2D eigenvalue weighted by Crippen LogP contribution is -2.30. The molecule has 2 atom stereocenters. The molecule has 332 valence electrons. The number of ether oxygens (including phenoxy) is 3. The summed E-state index contributed by atoms with van der Waals surface area (Å²) in [5.74, 6) is 0.800. The normalized spacial score (nSPS) is 12.5. The zero-order valence-corrected chi connectivity index (χ0v) is 38.3.